The van der Waals surface area contributed by atoms with Gasteiger partial charge in [-0.25, -0.2) is 9.59 Å². The van der Waals surface area contributed by atoms with Crippen molar-refractivity contribution in [2.45, 2.75) is 69.7 Å². The third-order valence-corrected chi connectivity index (χ3v) is 5.85. The van der Waals surface area contributed by atoms with Gasteiger partial charge in [-0.2, -0.15) is 4.39 Å². The summed E-state index contributed by atoms with van der Waals surface area (Å²) in [5, 5.41) is 5.50. The lowest BCUT2D eigenvalue weighted by atomic mass is 10.0. The first kappa shape index (κ1) is 25.6. The highest BCUT2D eigenvalue weighted by Gasteiger charge is 2.47. The minimum absolute atomic E-state index is 0.160. The van der Waals surface area contributed by atoms with E-state index in [-0.39, 0.29) is 19.4 Å². The Kier molecular flexibility index (Phi) is 7.27. The summed E-state index contributed by atoms with van der Waals surface area (Å²) in [5.41, 5.74) is -1.82. The summed E-state index contributed by atoms with van der Waals surface area (Å²) in [6.07, 6.45) is -1.42. The van der Waals surface area contributed by atoms with Gasteiger partial charge >= 0.3 is 11.8 Å². The molecule has 3 heterocycles. The Balaban J connectivity index is 1.45. The molecule has 0 radical (unpaired) electrons. The number of rotatable bonds is 6. The number of amides is 2. The van der Waals surface area contributed by atoms with Crippen molar-refractivity contribution in [2.75, 3.05) is 6.61 Å². The molecule has 36 heavy (non-hydrogen) atoms. The summed E-state index contributed by atoms with van der Waals surface area (Å²) in [6.45, 7) is 5.33. The topological polar surface area (TPSA) is 141 Å². The monoisotopic (exact) mass is 504 g/mol. The molecule has 2 amide bonds. The normalized spacial score (nSPS) is 24.1. The number of fused-ring (bicyclic) bond motifs is 1. The van der Waals surface area contributed by atoms with Gasteiger partial charge in [0.15, 0.2) is 0 Å². The second-order valence-corrected chi connectivity index (χ2v) is 9.81. The maximum atomic E-state index is 13.7. The van der Waals surface area contributed by atoms with E-state index in [0.29, 0.717) is 0 Å². The fourth-order valence-electron chi connectivity index (χ4n) is 4.27. The lowest BCUT2D eigenvalue weighted by Crippen LogP contribution is -2.54. The average molecular weight is 505 g/mol. The average Bonchev–Trinajstić information content (AvgIpc) is 3.37. The second kappa shape index (κ2) is 10.2. The van der Waals surface area contributed by atoms with Crippen molar-refractivity contribution in [3.8, 4) is 0 Å². The van der Waals surface area contributed by atoms with Crippen LogP contribution in [0, 0.1) is 5.82 Å². The molecular weight excluding hydrogens is 475 g/mol. The molecule has 2 aliphatic rings. The van der Waals surface area contributed by atoms with Crippen LogP contribution < -0.4 is 21.9 Å². The Morgan fingerprint density at radius 2 is 1.97 bits per heavy atom. The van der Waals surface area contributed by atoms with E-state index < -0.39 is 65.2 Å². The molecule has 2 aromatic rings. The standard InChI is InChI=1S/C24H29FN4O7/c1-24(2,3)36-23(33)27-15(9-13-7-5-4-6-8-13)21(31)26-16-12-34-17-10-18(35-19(16)17)29-11-14(25)20(30)28-22(29)32/h4-8,11,15-19H,9-10,12H2,1-3H3,(H,26,31)(H,27,33)(H,28,30,32)/t15-,16+,17-,18-,19-/m1/s1. The summed E-state index contributed by atoms with van der Waals surface area (Å²) < 4.78 is 31.7. The Labute approximate surface area is 205 Å². The molecule has 1 aromatic carbocycles. The Morgan fingerprint density at radius 3 is 2.67 bits per heavy atom. The molecule has 2 saturated heterocycles. The highest BCUT2D eigenvalue weighted by molar-refractivity contribution is 5.86. The van der Waals surface area contributed by atoms with Crippen molar-refractivity contribution in [1.82, 2.24) is 20.2 Å². The summed E-state index contributed by atoms with van der Waals surface area (Å²) in [6, 6.07) is 7.70. The molecule has 1 aromatic heterocycles. The van der Waals surface area contributed by atoms with Gasteiger partial charge in [0.2, 0.25) is 11.7 Å². The van der Waals surface area contributed by atoms with Gasteiger partial charge in [0.25, 0.3) is 5.56 Å². The lowest BCUT2D eigenvalue weighted by molar-refractivity contribution is -0.125. The van der Waals surface area contributed by atoms with Crippen LogP contribution in [0.3, 0.4) is 0 Å². The molecule has 0 saturated carbocycles. The lowest BCUT2D eigenvalue weighted by Gasteiger charge is -2.25. The van der Waals surface area contributed by atoms with Crippen LogP contribution in [0.25, 0.3) is 0 Å². The van der Waals surface area contributed by atoms with Crippen LogP contribution in [0.15, 0.2) is 46.1 Å². The first-order valence-electron chi connectivity index (χ1n) is 11.6. The largest absolute Gasteiger partial charge is 0.444 e. The van der Waals surface area contributed by atoms with Crippen LogP contribution in [-0.2, 0) is 25.4 Å². The van der Waals surface area contributed by atoms with Gasteiger partial charge in [-0.15, -0.1) is 0 Å². The number of ether oxygens (including phenoxy) is 3. The third kappa shape index (κ3) is 6.00. The van der Waals surface area contributed by atoms with E-state index in [0.717, 1.165) is 16.3 Å². The summed E-state index contributed by atoms with van der Waals surface area (Å²) in [5.74, 6) is -1.57. The molecule has 0 bridgehead atoms. The summed E-state index contributed by atoms with van der Waals surface area (Å²) in [7, 11) is 0. The highest BCUT2D eigenvalue weighted by Crippen LogP contribution is 2.35. The van der Waals surface area contributed by atoms with Crippen LogP contribution >= 0.6 is 0 Å². The molecule has 4 rings (SSSR count). The predicted molar refractivity (Wildman–Crippen MR) is 125 cm³/mol. The number of hydrogen-bond acceptors (Lipinski definition) is 7. The van der Waals surface area contributed by atoms with Crippen molar-refractivity contribution < 1.29 is 28.2 Å². The van der Waals surface area contributed by atoms with Crippen molar-refractivity contribution in [2.24, 2.45) is 0 Å². The number of benzene rings is 1. The first-order valence-corrected chi connectivity index (χ1v) is 11.6. The molecule has 5 atom stereocenters. The van der Waals surface area contributed by atoms with Gasteiger partial charge in [-0.1, -0.05) is 30.3 Å². The van der Waals surface area contributed by atoms with E-state index in [1.165, 1.54) is 0 Å². The maximum absolute atomic E-state index is 13.7. The molecule has 194 valence electrons. The zero-order chi connectivity index (χ0) is 26.0. The number of nitrogens with zero attached hydrogens (tertiary/aromatic N) is 1. The number of H-pyrrole nitrogens is 1. The molecular formula is C24H29FN4O7. The van der Waals surface area contributed by atoms with Crippen LogP contribution in [-0.4, -0.2) is 58.1 Å². The molecule has 12 heteroatoms. The Bertz CT molecular complexity index is 1220. The number of nitrogens with one attached hydrogen (secondary N) is 3. The first-order chi connectivity index (χ1) is 17.0. The van der Waals surface area contributed by atoms with Crippen molar-refractivity contribution in [3.63, 3.8) is 0 Å². The number of alkyl carbamates (subject to hydrolysis) is 1. The highest BCUT2D eigenvalue weighted by atomic mass is 19.1. The molecule has 0 spiro atoms. The summed E-state index contributed by atoms with van der Waals surface area (Å²) >= 11 is 0. The van der Waals surface area contributed by atoms with Gasteiger partial charge in [-0.05, 0) is 26.3 Å². The zero-order valence-electron chi connectivity index (χ0n) is 20.2. The maximum Gasteiger partial charge on any atom is 0.408 e. The number of carbonyl (C=O) groups is 2. The van der Waals surface area contributed by atoms with Crippen LogP contribution in [0.1, 0.15) is 39.0 Å². The number of aromatic amines is 1. The van der Waals surface area contributed by atoms with E-state index >= 15 is 0 Å². The van der Waals surface area contributed by atoms with Crippen LogP contribution in [0.5, 0.6) is 0 Å². The molecule has 0 aliphatic carbocycles. The van der Waals surface area contributed by atoms with E-state index in [1.807, 2.05) is 35.3 Å². The fraction of sp³-hybridized carbons (Fsp3) is 0.500. The fourth-order valence-corrected chi connectivity index (χ4v) is 4.27. The van der Waals surface area contributed by atoms with Crippen molar-refractivity contribution >= 4 is 12.0 Å². The number of hydrogen-bond donors (Lipinski definition) is 3. The van der Waals surface area contributed by atoms with Gasteiger partial charge in [0.1, 0.15) is 24.0 Å². The quantitative estimate of drug-likeness (QED) is 0.533. The van der Waals surface area contributed by atoms with E-state index in [2.05, 4.69) is 10.6 Å². The summed E-state index contributed by atoms with van der Waals surface area (Å²) in [4.78, 5) is 51.0. The van der Waals surface area contributed by atoms with Gasteiger partial charge in [-0.3, -0.25) is 19.1 Å². The minimum Gasteiger partial charge on any atom is -0.444 e. The van der Waals surface area contributed by atoms with Crippen molar-refractivity contribution in [1.29, 1.82) is 0 Å². The predicted octanol–water partition coefficient (Wildman–Crippen LogP) is 0.983. The second-order valence-electron chi connectivity index (χ2n) is 9.81. The van der Waals surface area contributed by atoms with E-state index in [1.54, 1.807) is 20.8 Å². The third-order valence-electron chi connectivity index (χ3n) is 5.85. The Morgan fingerprint density at radius 1 is 1.25 bits per heavy atom. The van der Waals surface area contributed by atoms with E-state index in [4.69, 9.17) is 14.2 Å². The Hall–Kier alpha value is -3.51. The molecule has 0 unspecified atom stereocenters. The number of aromatic nitrogens is 2. The molecule has 11 nitrogen and oxygen atoms in total. The number of halogens is 1. The van der Waals surface area contributed by atoms with Gasteiger partial charge in [0.05, 0.1) is 24.9 Å². The number of carbonyl (C=O) groups excluding carboxylic acids is 2. The zero-order valence-corrected chi connectivity index (χ0v) is 20.2. The van der Waals surface area contributed by atoms with Crippen LogP contribution in [0.2, 0.25) is 0 Å². The van der Waals surface area contributed by atoms with E-state index in [9.17, 15) is 23.6 Å². The van der Waals surface area contributed by atoms with Gasteiger partial charge < -0.3 is 24.8 Å². The molecule has 2 fully saturated rings. The minimum atomic E-state index is -1.11. The molecule has 2 aliphatic heterocycles. The van der Waals surface area contributed by atoms with Gasteiger partial charge in [0, 0.05) is 12.8 Å². The van der Waals surface area contributed by atoms with Crippen molar-refractivity contribution in [3.05, 3.63) is 68.7 Å². The SMILES string of the molecule is CC(C)(C)OC(=O)N[C@H](Cc1ccccc1)C(=O)N[C@H]1CO[C@@H]2C[C@H](n3cc(F)c(=O)[nH]c3=O)O[C@H]12. The molecule has 3 N–H and O–H groups in total. The smallest absolute Gasteiger partial charge is 0.408 e. The van der Waals surface area contributed by atoms with Crippen LogP contribution in [0.4, 0.5) is 9.18 Å².